The van der Waals surface area contributed by atoms with E-state index < -0.39 is 0 Å². The second kappa shape index (κ2) is 6.70. The van der Waals surface area contributed by atoms with Crippen molar-refractivity contribution in [2.24, 2.45) is 0 Å². The number of fused-ring (bicyclic) bond motifs is 1. The first kappa shape index (κ1) is 16.4. The topological polar surface area (TPSA) is 31.2 Å². The van der Waals surface area contributed by atoms with Gasteiger partial charge >= 0.3 is 0 Å². The molecule has 0 saturated carbocycles. The summed E-state index contributed by atoms with van der Waals surface area (Å²) in [5.74, 6) is 0.746. The normalized spacial score (nSPS) is 10.8. The van der Waals surface area contributed by atoms with E-state index in [1.54, 1.807) is 11.7 Å². The summed E-state index contributed by atoms with van der Waals surface area (Å²) in [5, 5.41) is 2.25. The molecule has 1 aromatic heterocycles. The van der Waals surface area contributed by atoms with Crippen LogP contribution in [0.1, 0.15) is 0 Å². The molecule has 0 fully saturated rings. The number of ether oxygens (including phenoxy) is 1. The van der Waals surface area contributed by atoms with E-state index in [0.717, 1.165) is 28.1 Å². The molecule has 4 aromatic rings. The highest BCUT2D eigenvalue weighted by Gasteiger charge is 2.13. The van der Waals surface area contributed by atoms with E-state index in [-0.39, 0.29) is 5.56 Å². The zero-order valence-electron chi connectivity index (χ0n) is 14.1. The molecule has 0 saturated heterocycles. The number of hydrogen-bond donors (Lipinski definition) is 0. The molecule has 0 aliphatic carbocycles. The molecular formula is C22H16ClNO2. The summed E-state index contributed by atoms with van der Waals surface area (Å²) >= 11 is 6.03. The molecule has 4 heteroatoms. The lowest BCUT2D eigenvalue weighted by molar-refractivity contribution is 0.414. The average Bonchev–Trinajstić information content (AvgIpc) is 2.69. The van der Waals surface area contributed by atoms with Crippen LogP contribution in [0.5, 0.6) is 5.75 Å². The van der Waals surface area contributed by atoms with Crippen molar-refractivity contribution in [2.45, 2.75) is 0 Å². The Hall–Kier alpha value is -3.04. The van der Waals surface area contributed by atoms with Crippen molar-refractivity contribution in [3.05, 3.63) is 94.2 Å². The van der Waals surface area contributed by atoms with Crippen LogP contribution in [0.2, 0.25) is 5.02 Å². The maximum absolute atomic E-state index is 13.3. The fraction of sp³-hybridized carbons (Fsp3) is 0.0455. The SMILES string of the molecule is COc1ccc(-n2c(-c3ccc(Cl)cc3)cc3ccccc3c2=O)cc1. The maximum Gasteiger partial charge on any atom is 0.263 e. The minimum Gasteiger partial charge on any atom is -0.497 e. The minimum absolute atomic E-state index is 0.0572. The van der Waals surface area contributed by atoms with E-state index in [9.17, 15) is 4.79 Å². The first-order valence-electron chi connectivity index (χ1n) is 8.22. The molecule has 0 bridgehead atoms. The van der Waals surface area contributed by atoms with Crippen molar-refractivity contribution in [2.75, 3.05) is 7.11 Å². The third kappa shape index (κ3) is 2.87. The van der Waals surface area contributed by atoms with Crippen LogP contribution < -0.4 is 10.3 Å². The van der Waals surface area contributed by atoms with Gasteiger partial charge in [-0.3, -0.25) is 9.36 Å². The van der Waals surface area contributed by atoms with Gasteiger partial charge in [-0.05, 0) is 59.5 Å². The highest BCUT2D eigenvalue weighted by atomic mass is 35.5. The van der Waals surface area contributed by atoms with Gasteiger partial charge in [-0.2, -0.15) is 0 Å². The van der Waals surface area contributed by atoms with Gasteiger partial charge in [-0.25, -0.2) is 0 Å². The van der Waals surface area contributed by atoms with Crippen molar-refractivity contribution in [3.8, 4) is 22.7 Å². The van der Waals surface area contributed by atoms with Crippen molar-refractivity contribution < 1.29 is 4.74 Å². The van der Waals surface area contributed by atoms with Gasteiger partial charge in [0.1, 0.15) is 5.75 Å². The Labute approximate surface area is 156 Å². The molecule has 0 radical (unpaired) electrons. The standard InChI is InChI=1S/C22H16ClNO2/c1-26-19-12-10-18(11-13-19)24-21(15-6-8-17(23)9-7-15)14-16-4-2-3-5-20(16)22(24)25/h2-14H,1H3. The number of methoxy groups -OCH3 is 1. The van der Waals surface area contributed by atoms with E-state index >= 15 is 0 Å². The van der Waals surface area contributed by atoms with Gasteiger partial charge < -0.3 is 4.74 Å². The lowest BCUT2D eigenvalue weighted by Gasteiger charge is -2.15. The molecule has 0 N–H and O–H groups in total. The van der Waals surface area contributed by atoms with Gasteiger partial charge in [0.05, 0.1) is 12.8 Å². The molecule has 0 amide bonds. The number of hydrogen-bond acceptors (Lipinski definition) is 2. The predicted molar refractivity (Wildman–Crippen MR) is 107 cm³/mol. The molecule has 0 aliphatic rings. The molecule has 0 unspecified atom stereocenters. The summed E-state index contributed by atoms with van der Waals surface area (Å²) in [4.78, 5) is 13.3. The zero-order valence-corrected chi connectivity index (χ0v) is 14.9. The zero-order chi connectivity index (χ0) is 18.1. The van der Waals surface area contributed by atoms with Crippen LogP contribution >= 0.6 is 11.6 Å². The molecule has 4 rings (SSSR count). The van der Waals surface area contributed by atoms with Crippen LogP contribution in [0.25, 0.3) is 27.7 Å². The van der Waals surface area contributed by atoms with Crippen molar-refractivity contribution in [1.29, 1.82) is 0 Å². The average molecular weight is 362 g/mol. The molecule has 0 atom stereocenters. The molecule has 3 nitrogen and oxygen atoms in total. The van der Waals surface area contributed by atoms with E-state index in [1.807, 2.05) is 78.9 Å². The maximum atomic E-state index is 13.3. The molecule has 1 heterocycles. The summed E-state index contributed by atoms with van der Waals surface area (Å²) in [6, 6.07) is 24.6. The highest BCUT2D eigenvalue weighted by Crippen LogP contribution is 2.27. The number of halogens is 1. The Balaban J connectivity index is 2.04. The second-order valence-electron chi connectivity index (χ2n) is 5.96. The van der Waals surface area contributed by atoms with Crippen molar-refractivity contribution in [3.63, 3.8) is 0 Å². The van der Waals surface area contributed by atoms with Crippen LogP contribution in [0, 0.1) is 0 Å². The van der Waals surface area contributed by atoms with E-state index in [0.29, 0.717) is 10.4 Å². The Kier molecular flexibility index (Phi) is 4.23. The second-order valence-corrected chi connectivity index (χ2v) is 6.40. The summed E-state index contributed by atoms with van der Waals surface area (Å²) in [7, 11) is 1.62. The van der Waals surface area contributed by atoms with E-state index in [1.165, 1.54) is 0 Å². The van der Waals surface area contributed by atoms with E-state index in [2.05, 4.69) is 0 Å². The minimum atomic E-state index is -0.0572. The summed E-state index contributed by atoms with van der Waals surface area (Å²) in [5.41, 5.74) is 2.47. The quantitative estimate of drug-likeness (QED) is 0.494. The van der Waals surface area contributed by atoms with Crippen LogP contribution in [0.4, 0.5) is 0 Å². The van der Waals surface area contributed by atoms with Gasteiger partial charge in [-0.1, -0.05) is 41.9 Å². The van der Waals surface area contributed by atoms with Crippen molar-refractivity contribution >= 4 is 22.4 Å². The van der Waals surface area contributed by atoms with Gasteiger partial charge in [0.2, 0.25) is 0 Å². The number of rotatable bonds is 3. The van der Waals surface area contributed by atoms with E-state index in [4.69, 9.17) is 16.3 Å². The monoisotopic (exact) mass is 361 g/mol. The number of nitrogens with zero attached hydrogens (tertiary/aromatic N) is 1. The lowest BCUT2D eigenvalue weighted by Crippen LogP contribution is -2.20. The Morgan fingerprint density at radius 1 is 0.885 bits per heavy atom. The van der Waals surface area contributed by atoms with Gasteiger partial charge in [-0.15, -0.1) is 0 Å². The fourth-order valence-corrected chi connectivity index (χ4v) is 3.21. The van der Waals surface area contributed by atoms with Gasteiger partial charge in [0.25, 0.3) is 5.56 Å². The highest BCUT2D eigenvalue weighted by molar-refractivity contribution is 6.30. The van der Waals surface area contributed by atoms with Gasteiger partial charge in [0.15, 0.2) is 0 Å². The molecule has 0 spiro atoms. The molecule has 3 aromatic carbocycles. The molecular weight excluding hydrogens is 346 g/mol. The van der Waals surface area contributed by atoms with Crippen LogP contribution in [0.15, 0.2) is 83.7 Å². The molecule has 26 heavy (non-hydrogen) atoms. The fourth-order valence-electron chi connectivity index (χ4n) is 3.08. The first-order valence-corrected chi connectivity index (χ1v) is 8.60. The van der Waals surface area contributed by atoms with Crippen molar-refractivity contribution in [1.82, 2.24) is 4.57 Å². The Bertz CT molecular complexity index is 1130. The smallest absolute Gasteiger partial charge is 0.263 e. The third-order valence-electron chi connectivity index (χ3n) is 4.40. The van der Waals surface area contributed by atoms with Crippen LogP contribution in [0.3, 0.4) is 0 Å². The first-order chi connectivity index (χ1) is 12.7. The molecule has 0 aliphatic heterocycles. The molecule has 128 valence electrons. The Morgan fingerprint density at radius 3 is 2.27 bits per heavy atom. The number of benzene rings is 3. The summed E-state index contributed by atoms with van der Waals surface area (Å²) in [6.45, 7) is 0. The Morgan fingerprint density at radius 2 is 1.58 bits per heavy atom. The van der Waals surface area contributed by atoms with Gasteiger partial charge in [0, 0.05) is 16.1 Å². The lowest BCUT2D eigenvalue weighted by atomic mass is 10.1. The van der Waals surface area contributed by atoms with Crippen LogP contribution in [-0.4, -0.2) is 11.7 Å². The summed E-state index contributed by atoms with van der Waals surface area (Å²) in [6.07, 6.45) is 0. The number of aromatic nitrogens is 1. The number of pyridine rings is 1. The summed E-state index contributed by atoms with van der Waals surface area (Å²) < 4.78 is 6.96. The predicted octanol–water partition coefficient (Wildman–Crippen LogP) is 5.32. The third-order valence-corrected chi connectivity index (χ3v) is 4.65. The largest absolute Gasteiger partial charge is 0.497 e. The van der Waals surface area contributed by atoms with Crippen LogP contribution in [-0.2, 0) is 0 Å².